The second-order valence-electron chi connectivity index (χ2n) is 7.79. The van der Waals surface area contributed by atoms with Crippen LogP contribution in [0.25, 0.3) is 10.8 Å². The first-order valence-electron chi connectivity index (χ1n) is 9.00. The van der Waals surface area contributed by atoms with Crippen molar-refractivity contribution in [2.24, 2.45) is 11.1 Å². The second kappa shape index (κ2) is 7.06. The van der Waals surface area contributed by atoms with Gasteiger partial charge in [0.25, 0.3) is 5.91 Å². The highest BCUT2D eigenvalue weighted by atomic mass is 16.5. The Bertz CT molecular complexity index is 892. The van der Waals surface area contributed by atoms with Crippen LogP contribution in [0.1, 0.15) is 44.5 Å². The van der Waals surface area contributed by atoms with Gasteiger partial charge >= 0.3 is 0 Å². The van der Waals surface area contributed by atoms with Crippen molar-refractivity contribution in [2.45, 2.75) is 46.3 Å². The van der Waals surface area contributed by atoms with Crippen molar-refractivity contribution in [1.82, 2.24) is 10.3 Å². The third kappa shape index (κ3) is 3.97. The minimum absolute atomic E-state index is 0.0284. The molecule has 0 bridgehead atoms. The zero-order valence-corrected chi connectivity index (χ0v) is 16.0. The summed E-state index contributed by atoms with van der Waals surface area (Å²) in [7, 11) is 0. The molecule has 144 valence electrons. The zero-order valence-electron chi connectivity index (χ0n) is 16.0. The van der Waals surface area contributed by atoms with Crippen LogP contribution < -0.4 is 20.5 Å². The molecule has 2 amide bonds. The number of amides is 2. The van der Waals surface area contributed by atoms with E-state index in [4.69, 9.17) is 15.2 Å². The molecule has 7 nitrogen and oxygen atoms in total. The largest absolute Gasteiger partial charge is 0.490 e. The van der Waals surface area contributed by atoms with Gasteiger partial charge in [-0.2, -0.15) is 0 Å². The van der Waals surface area contributed by atoms with Crippen LogP contribution in [-0.4, -0.2) is 35.6 Å². The molecule has 0 spiro atoms. The Morgan fingerprint density at radius 2 is 2.15 bits per heavy atom. The Morgan fingerprint density at radius 1 is 1.41 bits per heavy atom. The van der Waals surface area contributed by atoms with Crippen LogP contribution in [0.5, 0.6) is 11.6 Å². The number of nitrogens with one attached hydrogen (secondary N) is 1. The molecular formula is C20H25N3O4. The maximum Gasteiger partial charge on any atom is 0.252 e. The molecule has 1 fully saturated rings. The van der Waals surface area contributed by atoms with Gasteiger partial charge in [-0.25, -0.2) is 4.98 Å². The first-order chi connectivity index (χ1) is 12.7. The number of benzene rings is 1. The number of carbonyl (C=O) groups is 2. The van der Waals surface area contributed by atoms with E-state index in [1.54, 1.807) is 24.4 Å². The van der Waals surface area contributed by atoms with Gasteiger partial charge in [0.05, 0.1) is 17.7 Å². The van der Waals surface area contributed by atoms with Crippen molar-refractivity contribution in [3.8, 4) is 11.6 Å². The molecule has 1 aliphatic rings. The molecule has 27 heavy (non-hydrogen) atoms. The smallest absolute Gasteiger partial charge is 0.252 e. The SMILES string of the molecule is CC(C)Oc1cc2c(OC[C@@H]3CC(C)(C)C(=O)N3)nccc2cc1C(N)=O. The number of ether oxygens (including phenoxy) is 2. The predicted molar refractivity (Wildman–Crippen MR) is 102 cm³/mol. The summed E-state index contributed by atoms with van der Waals surface area (Å²) in [4.78, 5) is 28.0. The molecule has 1 aliphatic heterocycles. The fourth-order valence-electron chi connectivity index (χ4n) is 3.25. The minimum Gasteiger partial charge on any atom is -0.490 e. The number of primary amides is 1. The quantitative estimate of drug-likeness (QED) is 0.812. The van der Waals surface area contributed by atoms with Crippen LogP contribution in [0.4, 0.5) is 0 Å². The Labute approximate surface area is 158 Å². The molecule has 0 saturated carbocycles. The van der Waals surface area contributed by atoms with Crippen LogP contribution >= 0.6 is 0 Å². The lowest BCUT2D eigenvalue weighted by Gasteiger charge is -2.16. The first-order valence-corrected chi connectivity index (χ1v) is 9.00. The average molecular weight is 371 g/mol. The van der Waals surface area contributed by atoms with E-state index in [9.17, 15) is 9.59 Å². The summed E-state index contributed by atoms with van der Waals surface area (Å²) in [6.45, 7) is 7.90. The van der Waals surface area contributed by atoms with Gasteiger partial charge in [0.1, 0.15) is 12.4 Å². The van der Waals surface area contributed by atoms with Crippen molar-refractivity contribution in [3.05, 3.63) is 30.0 Å². The number of nitrogens with zero attached hydrogens (tertiary/aromatic N) is 1. The Kier molecular flexibility index (Phi) is 4.95. The van der Waals surface area contributed by atoms with Crippen molar-refractivity contribution in [3.63, 3.8) is 0 Å². The van der Waals surface area contributed by atoms with E-state index in [0.717, 1.165) is 10.8 Å². The topological polar surface area (TPSA) is 104 Å². The van der Waals surface area contributed by atoms with E-state index in [0.29, 0.717) is 30.2 Å². The molecule has 3 N–H and O–H groups in total. The van der Waals surface area contributed by atoms with Crippen LogP contribution in [0.15, 0.2) is 24.4 Å². The van der Waals surface area contributed by atoms with Gasteiger partial charge in [-0.15, -0.1) is 0 Å². The normalized spacial score (nSPS) is 18.6. The molecular weight excluding hydrogens is 346 g/mol. The lowest BCUT2D eigenvalue weighted by Crippen LogP contribution is -2.32. The molecule has 0 aliphatic carbocycles. The summed E-state index contributed by atoms with van der Waals surface area (Å²) in [6, 6.07) is 5.13. The van der Waals surface area contributed by atoms with Crippen molar-refractivity contribution >= 4 is 22.6 Å². The first kappa shape index (κ1) is 18.9. The zero-order chi connectivity index (χ0) is 19.8. The lowest BCUT2D eigenvalue weighted by molar-refractivity contribution is -0.126. The van der Waals surface area contributed by atoms with Gasteiger partial charge < -0.3 is 20.5 Å². The van der Waals surface area contributed by atoms with Gasteiger partial charge in [-0.1, -0.05) is 13.8 Å². The average Bonchev–Trinajstić information content (AvgIpc) is 2.84. The molecule has 0 radical (unpaired) electrons. The molecule has 3 rings (SSSR count). The fourth-order valence-corrected chi connectivity index (χ4v) is 3.25. The summed E-state index contributed by atoms with van der Waals surface area (Å²) >= 11 is 0. The Hall–Kier alpha value is -2.83. The third-order valence-corrected chi connectivity index (χ3v) is 4.58. The van der Waals surface area contributed by atoms with E-state index in [1.807, 2.05) is 27.7 Å². The van der Waals surface area contributed by atoms with Crippen molar-refractivity contribution in [1.29, 1.82) is 0 Å². The highest BCUT2D eigenvalue weighted by molar-refractivity contribution is 6.01. The van der Waals surface area contributed by atoms with Crippen molar-refractivity contribution < 1.29 is 19.1 Å². The Balaban J connectivity index is 1.89. The van der Waals surface area contributed by atoms with Gasteiger partial charge in [0, 0.05) is 17.0 Å². The number of fused-ring (bicyclic) bond motifs is 1. The standard InChI is InChI=1S/C20H25N3O4/c1-11(2)27-16-8-14-12(7-15(16)17(21)24)5-6-22-18(14)26-10-13-9-20(3,4)19(25)23-13/h5-8,11,13H,9-10H2,1-4H3,(H2,21,24)(H,23,25)/t13-/m0/s1. The summed E-state index contributed by atoms with van der Waals surface area (Å²) < 4.78 is 11.7. The molecule has 1 saturated heterocycles. The van der Waals surface area contributed by atoms with E-state index in [-0.39, 0.29) is 18.1 Å². The van der Waals surface area contributed by atoms with Crippen LogP contribution in [0.3, 0.4) is 0 Å². The van der Waals surface area contributed by atoms with E-state index in [1.165, 1.54) is 0 Å². The lowest BCUT2D eigenvalue weighted by atomic mass is 9.90. The molecule has 2 aromatic rings. The number of aromatic nitrogens is 1. The fraction of sp³-hybridized carbons (Fsp3) is 0.450. The third-order valence-electron chi connectivity index (χ3n) is 4.58. The molecule has 7 heteroatoms. The summed E-state index contributed by atoms with van der Waals surface area (Å²) in [5, 5.41) is 4.45. The minimum atomic E-state index is -0.553. The number of rotatable bonds is 6. The van der Waals surface area contributed by atoms with Crippen molar-refractivity contribution in [2.75, 3.05) is 6.61 Å². The van der Waals surface area contributed by atoms with Gasteiger partial charge in [0.15, 0.2) is 0 Å². The van der Waals surface area contributed by atoms with Gasteiger partial charge in [0.2, 0.25) is 11.8 Å². The van der Waals surface area contributed by atoms with E-state index >= 15 is 0 Å². The second-order valence-corrected chi connectivity index (χ2v) is 7.79. The highest BCUT2D eigenvalue weighted by Gasteiger charge is 2.39. The number of pyridine rings is 1. The maximum absolute atomic E-state index is 11.9. The summed E-state index contributed by atoms with van der Waals surface area (Å²) in [5.74, 6) is 0.303. The molecule has 1 aromatic carbocycles. The number of hydrogen-bond acceptors (Lipinski definition) is 5. The van der Waals surface area contributed by atoms with Crippen LogP contribution in [0.2, 0.25) is 0 Å². The summed E-state index contributed by atoms with van der Waals surface area (Å²) in [6.07, 6.45) is 2.20. The number of carbonyl (C=O) groups excluding carboxylic acids is 2. The molecule has 2 heterocycles. The summed E-state index contributed by atoms with van der Waals surface area (Å²) in [5.41, 5.74) is 5.42. The molecule has 1 atom stereocenters. The Morgan fingerprint density at radius 3 is 2.74 bits per heavy atom. The van der Waals surface area contributed by atoms with Gasteiger partial charge in [-0.3, -0.25) is 9.59 Å². The maximum atomic E-state index is 11.9. The van der Waals surface area contributed by atoms with E-state index < -0.39 is 11.3 Å². The van der Waals surface area contributed by atoms with E-state index in [2.05, 4.69) is 10.3 Å². The highest BCUT2D eigenvalue weighted by Crippen LogP contribution is 2.33. The molecule has 1 aromatic heterocycles. The van der Waals surface area contributed by atoms with Gasteiger partial charge in [-0.05, 0) is 43.9 Å². The predicted octanol–water partition coefficient (Wildman–Crippen LogP) is 2.41. The van der Waals surface area contributed by atoms with Crippen LogP contribution in [-0.2, 0) is 4.79 Å². The number of hydrogen-bond donors (Lipinski definition) is 2. The monoisotopic (exact) mass is 371 g/mol. The van der Waals surface area contributed by atoms with Crippen LogP contribution in [0, 0.1) is 5.41 Å². The number of nitrogens with two attached hydrogens (primary N) is 1. The molecule has 0 unspecified atom stereocenters.